The van der Waals surface area contributed by atoms with Crippen LogP contribution >= 0.6 is 22.9 Å². The van der Waals surface area contributed by atoms with Gasteiger partial charge in [-0.15, -0.1) is 0 Å². The fourth-order valence-corrected chi connectivity index (χ4v) is 3.79. The maximum Gasteiger partial charge on any atom is 0.326 e. The van der Waals surface area contributed by atoms with Crippen molar-refractivity contribution in [1.82, 2.24) is 15.1 Å². The summed E-state index contributed by atoms with van der Waals surface area (Å²) in [6.07, 6.45) is 0. The summed E-state index contributed by atoms with van der Waals surface area (Å²) in [6.45, 7) is 7.06. The van der Waals surface area contributed by atoms with E-state index in [0.717, 1.165) is 11.3 Å². The molecule has 0 bridgehead atoms. The number of rotatable bonds is 6. The van der Waals surface area contributed by atoms with Crippen LogP contribution in [-0.2, 0) is 10.2 Å². The average molecular weight is 453 g/mol. The van der Waals surface area contributed by atoms with Crippen LogP contribution in [0.1, 0.15) is 49.1 Å². The summed E-state index contributed by atoms with van der Waals surface area (Å²) >= 11 is 7.06. The van der Waals surface area contributed by atoms with E-state index in [-0.39, 0.29) is 21.1 Å². The number of ketones is 1. The minimum absolute atomic E-state index is 0.0282. The van der Waals surface area contributed by atoms with E-state index in [1.54, 1.807) is 0 Å². The lowest BCUT2D eigenvalue weighted by atomic mass is 9.96. The Balaban J connectivity index is 2.01. The summed E-state index contributed by atoms with van der Waals surface area (Å²) in [4.78, 5) is 34.1. The molecule has 0 saturated carbocycles. The Morgan fingerprint density at radius 3 is 2.40 bits per heavy atom. The molecule has 0 fully saturated rings. The van der Waals surface area contributed by atoms with Crippen molar-refractivity contribution in [2.45, 2.75) is 39.2 Å². The molecule has 1 atom stereocenters. The highest BCUT2D eigenvalue weighted by atomic mass is 35.5. The number of aromatic nitrogens is 3. The molecule has 2 heterocycles. The molecule has 8 nitrogen and oxygen atoms in total. The van der Waals surface area contributed by atoms with Gasteiger partial charge in [-0.2, -0.15) is 4.98 Å². The zero-order chi connectivity index (χ0) is 22.2. The van der Waals surface area contributed by atoms with Crippen LogP contribution in [0.4, 0.5) is 15.2 Å². The Hall–Kier alpha value is -2.85. The minimum atomic E-state index is -1.13. The van der Waals surface area contributed by atoms with E-state index >= 15 is 0 Å². The maximum atomic E-state index is 13.3. The number of carboxylic acids is 1. The molecular formula is C19H18ClFN4O4S. The first-order chi connectivity index (χ1) is 14.0. The van der Waals surface area contributed by atoms with Gasteiger partial charge in [0.05, 0.1) is 0 Å². The standard InChI is InChI=1S/C19H18ClFN4O4S/c1-9(16(27)28)25(11-7-5-10(21)6-8-11)18-22-14(20)13(30-18)12(26)15-23-17(24-29-15)19(2,3)4/h5-9H,1-4H3,(H,27,28)/t9-/m0/s1. The number of hydrogen-bond acceptors (Lipinski definition) is 8. The molecule has 30 heavy (non-hydrogen) atoms. The summed E-state index contributed by atoms with van der Waals surface area (Å²) < 4.78 is 18.4. The van der Waals surface area contributed by atoms with Gasteiger partial charge in [-0.25, -0.2) is 14.2 Å². The van der Waals surface area contributed by atoms with Gasteiger partial charge >= 0.3 is 5.97 Å². The molecule has 3 aromatic rings. The van der Waals surface area contributed by atoms with E-state index in [0.29, 0.717) is 11.5 Å². The van der Waals surface area contributed by atoms with Crippen LogP contribution < -0.4 is 4.90 Å². The van der Waals surface area contributed by atoms with Gasteiger partial charge in [-0.1, -0.05) is 48.9 Å². The molecule has 0 radical (unpaired) electrons. The van der Waals surface area contributed by atoms with E-state index in [4.69, 9.17) is 16.1 Å². The van der Waals surface area contributed by atoms with Crippen molar-refractivity contribution in [3.8, 4) is 0 Å². The number of benzene rings is 1. The summed E-state index contributed by atoms with van der Waals surface area (Å²) in [7, 11) is 0. The molecule has 0 unspecified atom stereocenters. The molecule has 0 aliphatic rings. The van der Waals surface area contributed by atoms with Crippen LogP contribution in [0.15, 0.2) is 28.8 Å². The topological polar surface area (TPSA) is 109 Å². The maximum absolute atomic E-state index is 13.3. The van der Waals surface area contributed by atoms with Gasteiger partial charge in [0.25, 0.3) is 11.7 Å². The molecule has 0 saturated heterocycles. The smallest absolute Gasteiger partial charge is 0.326 e. The van der Waals surface area contributed by atoms with Crippen LogP contribution in [-0.4, -0.2) is 38.0 Å². The fourth-order valence-electron chi connectivity index (χ4n) is 2.46. The monoisotopic (exact) mass is 452 g/mol. The van der Waals surface area contributed by atoms with Crippen LogP contribution in [0.25, 0.3) is 0 Å². The van der Waals surface area contributed by atoms with Crippen LogP contribution in [0, 0.1) is 5.82 Å². The Morgan fingerprint density at radius 1 is 1.23 bits per heavy atom. The highest BCUT2D eigenvalue weighted by molar-refractivity contribution is 7.18. The average Bonchev–Trinajstić information content (AvgIpc) is 3.30. The third-order valence-corrected chi connectivity index (χ3v) is 5.57. The predicted molar refractivity (Wildman–Crippen MR) is 109 cm³/mol. The van der Waals surface area contributed by atoms with E-state index in [1.165, 1.54) is 36.1 Å². The number of hydrogen-bond donors (Lipinski definition) is 1. The summed E-state index contributed by atoms with van der Waals surface area (Å²) in [6, 6.07) is 4.17. The summed E-state index contributed by atoms with van der Waals surface area (Å²) in [5.41, 5.74) is -0.0374. The summed E-state index contributed by atoms with van der Waals surface area (Å²) in [5.74, 6) is -2.10. The quantitative estimate of drug-likeness (QED) is 0.546. The van der Waals surface area contributed by atoms with Crippen molar-refractivity contribution in [1.29, 1.82) is 0 Å². The zero-order valence-corrected chi connectivity index (χ0v) is 18.1. The number of nitrogens with zero attached hydrogens (tertiary/aromatic N) is 4. The van der Waals surface area contributed by atoms with Crippen molar-refractivity contribution in [2.75, 3.05) is 4.90 Å². The molecular weight excluding hydrogens is 435 g/mol. The minimum Gasteiger partial charge on any atom is -0.480 e. The lowest BCUT2D eigenvalue weighted by molar-refractivity contribution is -0.138. The van der Waals surface area contributed by atoms with Gasteiger partial charge < -0.3 is 14.5 Å². The molecule has 0 amide bonds. The van der Waals surface area contributed by atoms with Gasteiger partial charge in [0, 0.05) is 11.1 Å². The lowest BCUT2D eigenvalue weighted by Gasteiger charge is -2.25. The molecule has 0 spiro atoms. The number of thiazole rings is 1. The fraction of sp³-hybridized carbons (Fsp3) is 0.316. The molecule has 2 aromatic heterocycles. The Morgan fingerprint density at radius 2 is 1.87 bits per heavy atom. The number of carbonyl (C=O) groups excluding carboxylic acids is 1. The predicted octanol–water partition coefficient (Wildman–Crippen LogP) is 4.46. The number of anilines is 2. The van der Waals surface area contributed by atoms with E-state index in [2.05, 4.69) is 15.1 Å². The second kappa shape index (κ2) is 8.11. The molecule has 0 aliphatic carbocycles. The van der Waals surface area contributed by atoms with Crippen molar-refractivity contribution < 1.29 is 23.6 Å². The second-order valence-electron chi connectivity index (χ2n) is 7.48. The molecule has 158 valence electrons. The number of carboxylic acid groups (broad SMARTS) is 1. The van der Waals surface area contributed by atoms with Gasteiger partial charge in [0.2, 0.25) is 0 Å². The Labute approximate surface area is 180 Å². The molecule has 0 aliphatic heterocycles. The normalized spacial score (nSPS) is 12.6. The van der Waals surface area contributed by atoms with Crippen molar-refractivity contribution in [3.05, 3.63) is 51.8 Å². The van der Waals surface area contributed by atoms with Gasteiger partial charge in [0.15, 0.2) is 16.1 Å². The molecule has 1 aromatic carbocycles. The Bertz CT molecular complexity index is 1090. The number of aliphatic carboxylic acids is 1. The Kier molecular flexibility index (Phi) is 5.91. The van der Waals surface area contributed by atoms with E-state index in [1.807, 2.05) is 20.8 Å². The highest BCUT2D eigenvalue weighted by Gasteiger charge is 2.31. The molecule has 11 heteroatoms. The van der Waals surface area contributed by atoms with Crippen molar-refractivity contribution >= 4 is 45.5 Å². The lowest BCUT2D eigenvalue weighted by Crippen LogP contribution is -2.35. The van der Waals surface area contributed by atoms with Gasteiger partial charge in [0.1, 0.15) is 16.7 Å². The largest absolute Gasteiger partial charge is 0.480 e. The van der Waals surface area contributed by atoms with E-state index < -0.39 is 29.0 Å². The van der Waals surface area contributed by atoms with Gasteiger partial charge in [-0.3, -0.25) is 4.79 Å². The van der Waals surface area contributed by atoms with E-state index in [9.17, 15) is 19.1 Å². The van der Waals surface area contributed by atoms with Crippen molar-refractivity contribution in [2.24, 2.45) is 0 Å². The first kappa shape index (κ1) is 21.8. The third kappa shape index (κ3) is 4.34. The SMILES string of the molecule is C[C@@H](C(=O)O)N(c1ccc(F)cc1)c1nc(Cl)c(C(=O)c2nc(C(C)(C)C)no2)s1. The number of halogens is 2. The first-order valence-electron chi connectivity index (χ1n) is 8.82. The van der Waals surface area contributed by atoms with Crippen LogP contribution in [0.2, 0.25) is 5.15 Å². The highest BCUT2D eigenvalue weighted by Crippen LogP contribution is 2.36. The first-order valence-corrected chi connectivity index (χ1v) is 10.0. The zero-order valence-electron chi connectivity index (χ0n) is 16.5. The van der Waals surface area contributed by atoms with Gasteiger partial charge in [-0.05, 0) is 31.2 Å². The number of carbonyl (C=O) groups is 2. The molecule has 1 N–H and O–H groups in total. The second-order valence-corrected chi connectivity index (χ2v) is 8.81. The summed E-state index contributed by atoms with van der Waals surface area (Å²) in [5, 5.41) is 13.4. The molecule has 3 rings (SSSR count). The van der Waals surface area contributed by atoms with Crippen LogP contribution in [0.3, 0.4) is 0 Å². The van der Waals surface area contributed by atoms with Crippen molar-refractivity contribution in [3.63, 3.8) is 0 Å². The van der Waals surface area contributed by atoms with Crippen LogP contribution in [0.5, 0.6) is 0 Å². The third-order valence-electron chi connectivity index (χ3n) is 4.13.